The summed E-state index contributed by atoms with van der Waals surface area (Å²) in [5.74, 6) is 0.0364. The predicted molar refractivity (Wildman–Crippen MR) is 59.5 cm³/mol. The number of aliphatic hydroxyl groups is 2. The van der Waals surface area contributed by atoms with Gasteiger partial charge in [-0.05, 0) is 20.8 Å². The van der Waals surface area contributed by atoms with Crippen molar-refractivity contribution in [3.63, 3.8) is 0 Å². The van der Waals surface area contributed by atoms with E-state index in [2.05, 4.69) is 5.32 Å². The van der Waals surface area contributed by atoms with Crippen LogP contribution in [-0.4, -0.2) is 54.9 Å². The van der Waals surface area contributed by atoms with E-state index >= 15 is 0 Å². The third-order valence-electron chi connectivity index (χ3n) is 2.07. The molecule has 92 valence electrons. The van der Waals surface area contributed by atoms with Crippen LogP contribution in [0.4, 0.5) is 0 Å². The molecule has 0 aromatic rings. The summed E-state index contributed by atoms with van der Waals surface area (Å²) in [6, 6.07) is 0. The summed E-state index contributed by atoms with van der Waals surface area (Å²) in [6.45, 7) is 5.15. The molecular formula is C9H21NO4S. The number of sulfone groups is 1. The van der Waals surface area contributed by atoms with Crippen molar-refractivity contribution in [2.75, 3.05) is 25.4 Å². The van der Waals surface area contributed by atoms with Crippen molar-refractivity contribution in [3.05, 3.63) is 0 Å². The monoisotopic (exact) mass is 239 g/mol. The molecule has 0 heterocycles. The summed E-state index contributed by atoms with van der Waals surface area (Å²) in [6.07, 6.45) is -0.831. The molecule has 0 aliphatic rings. The van der Waals surface area contributed by atoms with Gasteiger partial charge in [0, 0.05) is 13.1 Å². The fourth-order valence-corrected chi connectivity index (χ4v) is 1.87. The minimum Gasteiger partial charge on any atom is -0.394 e. The lowest BCUT2D eigenvalue weighted by atomic mass is 10.3. The molecule has 0 fully saturated rings. The van der Waals surface area contributed by atoms with Gasteiger partial charge in [-0.1, -0.05) is 0 Å². The Morgan fingerprint density at radius 1 is 1.33 bits per heavy atom. The van der Waals surface area contributed by atoms with Gasteiger partial charge in [0.1, 0.15) is 0 Å². The third-order valence-corrected chi connectivity index (χ3v) is 4.68. The normalized spacial score (nSPS) is 15.3. The minimum atomic E-state index is -3.11. The lowest BCUT2D eigenvalue weighted by Crippen LogP contribution is -2.37. The summed E-state index contributed by atoms with van der Waals surface area (Å²) in [5.41, 5.74) is 0. The molecule has 1 unspecified atom stereocenters. The fraction of sp³-hybridized carbons (Fsp3) is 1.00. The molecule has 0 aromatic heterocycles. The molecule has 5 nitrogen and oxygen atoms in total. The molecule has 0 aliphatic heterocycles. The van der Waals surface area contributed by atoms with Gasteiger partial charge in [0.15, 0.2) is 9.84 Å². The number of hydrogen-bond acceptors (Lipinski definition) is 5. The van der Waals surface area contributed by atoms with E-state index in [1.54, 1.807) is 20.8 Å². The quantitative estimate of drug-likeness (QED) is 0.525. The molecule has 0 spiro atoms. The molecule has 0 saturated heterocycles. The Hall–Kier alpha value is -0.170. The van der Waals surface area contributed by atoms with Gasteiger partial charge in [-0.25, -0.2) is 8.42 Å². The second kappa shape index (κ2) is 5.79. The Labute approximate surface area is 91.4 Å². The highest BCUT2D eigenvalue weighted by atomic mass is 32.2. The highest BCUT2D eigenvalue weighted by Crippen LogP contribution is 2.14. The van der Waals surface area contributed by atoms with Gasteiger partial charge < -0.3 is 15.5 Å². The highest BCUT2D eigenvalue weighted by molar-refractivity contribution is 7.92. The van der Waals surface area contributed by atoms with Gasteiger partial charge in [-0.2, -0.15) is 0 Å². The van der Waals surface area contributed by atoms with Crippen LogP contribution < -0.4 is 5.32 Å². The van der Waals surface area contributed by atoms with Crippen LogP contribution in [0.25, 0.3) is 0 Å². The van der Waals surface area contributed by atoms with Crippen LogP contribution >= 0.6 is 0 Å². The van der Waals surface area contributed by atoms with E-state index < -0.39 is 20.7 Å². The van der Waals surface area contributed by atoms with E-state index in [1.807, 2.05) is 0 Å². The van der Waals surface area contributed by atoms with E-state index in [9.17, 15) is 8.42 Å². The Kier molecular flexibility index (Phi) is 5.72. The second-order valence-electron chi connectivity index (χ2n) is 4.47. The first-order valence-corrected chi connectivity index (χ1v) is 6.58. The summed E-state index contributed by atoms with van der Waals surface area (Å²) in [7, 11) is -3.11. The topological polar surface area (TPSA) is 86.6 Å². The van der Waals surface area contributed by atoms with Crippen LogP contribution in [0.3, 0.4) is 0 Å². The SMILES string of the molecule is CC(C)(C)S(=O)(=O)CCNCC(O)CO. The zero-order valence-corrected chi connectivity index (χ0v) is 10.3. The molecule has 0 rings (SSSR count). The molecule has 0 aromatic carbocycles. The summed E-state index contributed by atoms with van der Waals surface area (Å²) in [4.78, 5) is 0. The van der Waals surface area contributed by atoms with Crippen molar-refractivity contribution < 1.29 is 18.6 Å². The van der Waals surface area contributed by atoms with Crippen molar-refractivity contribution >= 4 is 9.84 Å². The van der Waals surface area contributed by atoms with E-state index in [1.165, 1.54) is 0 Å². The van der Waals surface area contributed by atoms with Gasteiger partial charge in [-0.3, -0.25) is 0 Å². The Balaban J connectivity index is 3.88. The number of aliphatic hydroxyl groups excluding tert-OH is 2. The first kappa shape index (κ1) is 14.8. The summed E-state index contributed by atoms with van der Waals surface area (Å²) in [5, 5.41) is 20.3. The van der Waals surface area contributed by atoms with Gasteiger partial charge in [0.2, 0.25) is 0 Å². The van der Waals surface area contributed by atoms with Crippen molar-refractivity contribution in [1.82, 2.24) is 5.32 Å². The number of nitrogens with one attached hydrogen (secondary N) is 1. The van der Waals surface area contributed by atoms with Gasteiger partial charge in [0.25, 0.3) is 0 Å². The molecule has 0 amide bonds. The zero-order valence-electron chi connectivity index (χ0n) is 9.52. The van der Waals surface area contributed by atoms with Crippen LogP contribution in [0.1, 0.15) is 20.8 Å². The number of rotatable bonds is 6. The average molecular weight is 239 g/mol. The van der Waals surface area contributed by atoms with Crippen LogP contribution in [0, 0.1) is 0 Å². The molecule has 0 bridgehead atoms. The molecule has 6 heteroatoms. The van der Waals surface area contributed by atoms with Gasteiger partial charge >= 0.3 is 0 Å². The number of hydrogen-bond donors (Lipinski definition) is 3. The first-order chi connectivity index (χ1) is 6.70. The first-order valence-electron chi connectivity index (χ1n) is 4.92. The maximum atomic E-state index is 11.6. The van der Waals surface area contributed by atoms with Crippen molar-refractivity contribution in [2.45, 2.75) is 31.6 Å². The molecule has 0 radical (unpaired) electrons. The second-order valence-corrected chi connectivity index (χ2v) is 7.33. The molecule has 0 aliphatic carbocycles. The van der Waals surface area contributed by atoms with Gasteiger partial charge in [0.05, 0.1) is 23.2 Å². The maximum absolute atomic E-state index is 11.6. The molecule has 1 atom stereocenters. The van der Waals surface area contributed by atoms with E-state index in [-0.39, 0.29) is 25.4 Å². The minimum absolute atomic E-state index is 0.0364. The van der Waals surface area contributed by atoms with Gasteiger partial charge in [-0.15, -0.1) is 0 Å². The van der Waals surface area contributed by atoms with Crippen LogP contribution in [0.2, 0.25) is 0 Å². The largest absolute Gasteiger partial charge is 0.394 e. The van der Waals surface area contributed by atoms with Crippen LogP contribution in [0.15, 0.2) is 0 Å². The smallest absolute Gasteiger partial charge is 0.156 e. The highest BCUT2D eigenvalue weighted by Gasteiger charge is 2.27. The lowest BCUT2D eigenvalue weighted by molar-refractivity contribution is 0.0950. The Bertz CT molecular complexity index is 268. The fourth-order valence-electron chi connectivity index (χ4n) is 0.846. The van der Waals surface area contributed by atoms with E-state index in [0.29, 0.717) is 0 Å². The van der Waals surface area contributed by atoms with Crippen LogP contribution in [0.5, 0.6) is 0 Å². The maximum Gasteiger partial charge on any atom is 0.156 e. The summed E-state index contributed by atoms with van der Waals surface area (Å²) < 4.78 is 22.5. The van der Waals surface area contributed by atoms with E-state index in [4.69, 9.17) is 10.2 Å². The molecular weight excluding hydrogens is 218 g/mol. The van der Waals surface area contributed by atoms with Crippen LogP contribution in [-0.2, 0) is 9.84 Å². The van der Waals surface area contributed by atoms with E-state index in [0.717, 1.165) is 0 Å². The van der Waals surface area contributed by atoms with Crippen molar-refractivity contribution in [1.29, 1.82) is 0 Å². The molecule has 0 saturated carbocycles. The molecule has 15 heavy (non-hydrogen) atoms. The predicted octanol–water partition coefficient (Wildman–Crippen LogP) is -0.857. The summed E-state index contributed by atoms with van der Waals surface area (Å²) >= 11 is 0. The lowest BCUT2D eigenvalue weighted by Gasteiger charge is -2.19. The Morgan fingerprint density at radius 2 is 1.87 bits per heavy atom. The van der Waals surface area contributed by atoms with Crippen molar-refractivity contribution in [3.8, 4) is 0 Å². The Morgan fingerprint density at radius 3 is 2.27 bits per heavy atom. The zero-order chi connectivity index (χ0) is 12.1. The third kappa shape index (κ3) is 5.46. The standard InChI is InChI=1S/C9H21NO4S/c1-9(2,3)15(13,14)5-4-10-6-8(12)7-11/h8,10-12H,4-7H2,1-3H3. The molecule has 3 N–H and O–H groups in total. The van der Waals surface area contributed by atoms with Crippen molar-refractivity contribution in [2.24, 2.45) is 0 Å². The average Bonchev–Trinajstić information content (AvgIpc) is 2.10.